The normalized spacial score (nSPS) is 13.4. The van der Waals surface area contributed by atoms with Crippen LogP contribution in [0.1, 0.15) is 32.8 Å². The fourth-order valence-corrected chi connectivity index (χ4v) is 1.93. The van der Waals surface area contributed by atoms with Gasteiger partial charge in [0, 0.05) is 18.2 Å². The first-order chi connectivity index (χ1) is 7.50. The molecule has 0 saturated carbocycles. The molecule has 16 heavy (non-hydrogen) atoms. The molecule has 1 aromatic rings. The maximum atomic E-state index is 9.70. The van der Waals surface area contributed by atoms with E-state index in [4.69, 9.17) is 0 Å². The molecule has 1 N–H and O–H groups in total. The van der Waals surface area contributed by atoms with Crippen LogP contribution in [0.4, 0.5) is 0 Å². The Morgan fingerprint density at radius 2 is 1.81 bits per heavy atom. The first-order valence-corrected chi connectivity index (χ1v) is 5.97. The molecule has 0 heterocycles. The molecule has 1 rings (SSSR count). The average Bonchev–Trinajstić information content (AvgIpc) is 2.20. The molecule has 0 aliphatic carbocycles. The third-order valence-electron chi connectivity index (χ3n) is 2.98. The largest absolute Gasteiger partial charge is 0.508 e. The fraction of sp³-hybridized carbons (Fsp3) is 0.571. The van der Waals surface area contributed by atoms with Gasteiger partial charge in [-0.1, -0.05) is 32.0 Å². The van der Waals surface area contributed by atoms with Crippen LogP contribution in [0.15, 0.2) is 24.3 Å². The molecule has 1 atom stereocenters. The van der Waals surface area contributed by atoms with E-state index < -0.39 is 0 Å². The molecule has 1 aromatic carbocycles. The van der Waals surface area contributed by atoms with Crippen molar-refractivity contribution in [3.8, 4) is 5.75 Å². The van der Waals surface area contributed by atoms with Crippen molar-refractivity contribution in [3.05, 3.63) is 29.8 Å². The molecule has 0 aromatic heterocycles. The van der Waals surface area contributed by atoms with Gasteiger partial charge in [-0.2, -0.15) is 0 Å². The van der Waals surface area contributed by atoms with Crippen LogP contribution < -0.4 is 0 Å². The summed E-state index contributed by atoms with van der Waals surface area (Å²) in [4.78, 5) is 2.29. The highest BCUT2D eigenvalue weighted by molar-refractivity contribution is 5.31. The molecule has 1 unspecified atom stereocenters. The van der Waals surface area contributed by atoms with Crippen molar-refractivity contribution in [2.45, 2.75) is 39.8 Å². The molecule has 2 nitrogen and oxygen atoms in total. The third-order valence-corrected chi connectivity index (χ3v) is 2.98. The summed E-state index contributed by atoms with van der Waals surface area (Å²) in [5.41, 5.74) is 1.00. The number of para-hydroxylation sites is 1. The zero-order valence-electron chi connectivity index (χ0n) is 10.8. The van der Waals surface area contributed by atoms with Crippen molar-refractivity contribution in [1.82, 2.24) is 4.90 Å². The minimum Gasteiger partial charge on any atom is -0.508 e. The summed E-state index contributed by atoms with van der Waals surface area (Å²) in [5, 5.41) is 9.70. The van der Waals surface area contributed by atoms with E-state index in [9.17, 15) is 5.11 Å². The van der Waals surface area contributed by atoms with Crippen molar-refractivity contribution in [2.24, 2.45) is 5.92 Å². The predicted molar refractivity (Wildman–Crippen MR) is 68.5 cm³/mol. The lowest BCUT2D eigenvalue weighted by Gasteiger charge is -2.26. The van der Waals surface area contributed by atoms with E-state index in [1.165, 1.54) is 6.42 Å². The van der Waals surface area contributed by atoms with Gasteiger partial charge in [-0.15, -0.1) is 0 Å². The number of nitrogens with zero attached hydrogens (tertiary/aromatic N) is 1. The van der Waals surface area contributed by atoms with Gasteiger partial charge < -0.3 is 5.11 Å². The average molecular weight is 221 g/mol. The molecule has 0 saturated heterocycles. The Hall–Kier alpha value is -1.02. The van der Waals surface area contributed by atoms with Crippen LogP contribution in [-0.2, 0) is 6.54 Å². The summed E-state index contributed by atoms with van der Waals surface area (Å²) in [5.74, 6) is 1.10. The third kappa shape index (κ3) is 3.86. The van der Waals surface area contributed by atoms with E-state index in [1.54, 1.807) is 6.07 Å². The van der Waals surface area contributed by atoms with Crippen LogP contribution in [0.2, 0.25) is 0 Å². The molecular formula is C14H23NO. The summed E-state index contributed by atoms with van der Waals surface area (Å²) in [6, 6.07) is 8.09. The number of phenolic OH excluding ortho intramolecular Hbond substituents is 1. The van der Waals surface area contributed by atoms with Crippen molar-refractivity contribution in [3.63, 3.8) is 0 Å². The maximum absolute atomic E-state index is 9.70. The van der Waals surface area contributed by atoms with Crippen LogP contribution in [-0.4, -0.2) is 23.1 Å². The molecular weight excluding hydrogens is 198 g/mol. The Kier molecular flexibility index (Phi) is 4.81. The van der Waals surface area contributed by atoms with Gasteiger partial charge in [0.2, 0.25) is 0 Å². The fourth-order valence-electron chi connectivity index (χ4n) is 1.93. The summed E-state index contributed by atoms with van der Waals surface area (Å²) < 4.78 is 0. The molecule has 0 fully saturated rings. The van der Waals surface area contributed by atoms with Gasteiger partial charge in [-0.25, -0.2) is 0 Å². The topological polar surface area (TPSA) is 23.5 Å². The van der Waals surface area contributed by atoms with E-state index in [1.807, 2.05) is 18.2 Å². The van der Waals surface area contributed by atoms with Crippen molar-refractivity contribution >= 4 is 0 Å². The van der Waals surface area contributed by atoms with Crippen molar-refractivity contribution in [2.75, 3.05) is 7.05 Å². The van der Waals surface area contributed by atoms with E-state index in [2.05, 4.69) is 32.7 Å². The summed E-state index contributed by atoms with van der Waals surface area (Å²) in [6.45, 7) is 7.52. The lowest BCUT2D eigenvalue weighted by molar-refractivity contribution is 0.218. The minimum absolute atomic E-state index is 0.395. The number of phenols is 1. The zero-order valence-corrected chi connectivity index (χ0v) is 10.8. The molecule has 0 radical (unpaired) electrons. The monoisotopic (exact) mass is 221 g/mol. The van der Waals surface area contributed by atoms with Gasteiger partial charge >= 0.3 is 0 Å². The van der Waals surface area contributed by atoms with Gasteiger partial charge in [0.25, 0.3) is 0 Å². The molecule has 90 valence electrons. The van der Waals surface area contributed by atoms with Gasteiger partial charge in [0.05, 0.1) is 0 Å². The SMILES string of the molecule is CC(C)CC(C)N(C)Cc1ccccc1O. The van der Waals surface area contributed by atoms with Gasteiger partial charge in [-0.3, -0.25) is 4.90 Å². The van der Waals surface area contributed by atoms with Gasteiger partial charge in [-0.05, 0) is 32.4 Å². The van der Waals surface area contributed by atoms with Crippen LogP contribution >= 0.6 is 0 Å². The van der Waals surface area contributed by atoms with Crippen LogP contribution in [0.25, 0.3) is 0 Å². The van der Waals surface area contributed by atoms with E-state index in [0.717, 1.165) is 12.1 Å². The number of hydrogen-bond donors (Lipinski definition) is 1. The zero-order chi connectivity index (χ0) is 12.1. The molecule has 0 bridgehead atoms. The molecule has 2 heteroatoms. The lowest BCUT2D eigenvalue weighted by Crippen LogP contribution is -2.29. The number of aromatic hydroxyl groups is 1. The van der Waals surface area contributed by atoms with Crippen LogP contribution in [0.5, 0.6) is 5.75 Å². The summed E-state index contributed by atoms with van der Waals surface area (Å²) in [6.07, 6.45) is 1.18. The Morgan fingerprint density at radius 1 is 1.19 bits per heavy atom. The highest BCUT2D eigenvalue weighted by Crippen LogP contribution is 2.19. The second-order valence-corrected chi connectivity index (χ2v) is 5.02. The van der Waals surface area contributed by atoms with Crippen LogP contribution in [0.3, 0.4) is 0 Å². The molecule has 0 aliphatic heterocycles. The molecule has 0 aliphatic rings. The highest BCUT2D eigenvalue weighted by atomic mass is 16.3. The second-order valence-electron chi connectivity index (χ2n) is 5.02. The van der Waals surface area contributed by atoms with Crippen LogP contribution in [0, 0.1) is 5.92 Å². The second kappa shape index (κ2) is 5.90. The van der Waals surface area contributed by atoms with E-state index >= 15 is 0 Å². The maximum Gasteiger partial charge on any atom is 0.120 e. The quantitative estimate of drug-likeness (QED) is 0.825. The number of benzene rings is 1. The first-order valence-electron chi connectivity index (χ1n) is 5.97. The predicted octanol–water partition coefficient (Wildman–Crippen LogP) is 3.26. The van der Waals surface area contributed by atoms with Gasteiger partial charge in [0.15, 0.2) is 0 Å². The van der Waals surface area contributed by atoms with E-state index in [0.29, 0.717) is 17.7 Å². The summed E-state index contributed by atoms with van der Waals surface area (Å²) in [7, 11) is 2.11. The minimum atomic E-state index is 0.395. The summed E-state index contributed by atoms with van der Waals surface area (Å²) >= 11 is 0. The Balaban J connectivity index is 2.57. The Bertz CT molecular complexity index is 322. The Labute approximate surface area is 98.9 Å². The smallest absolute Gasteiger partial charge is 0.120 e. The van der Waals surface area contributed by atoms with E-state index in [-0.39, 0.29) is 0 Å². The van der Waals surface area contributed by atoms with Crippen molar-refractivity contribution in [1.29, 1.82) is 0 Å². The first kappa shape index (κ1) is 13.0. The number of hydrogen-bond acceptors (Lipinski definition) is 2. The standard InChI is InChI=1S/C14H23NO/c1-11(2)9-12(3)15(4)10-13-7-5-6-8-14(13)16/h5-8,11-12,16H,9-10H2,1-4H3. The highest BCUT2D eigenvalue weighted by Gasteiger charge is 2.12. The molecule has 0 amide bonds. The van der Waals surface area contributed by atoms with Crippen molar-refractivity contribution < 1.29 is 5.11 Å². The Morgan fingerprint density at radius 3 is 2.38 bits per heavy atom. The lowest BCUT2D eigenvalue weighted by atomic mass is 10.0. The number of rotatable bonds is 5. The van der Waals surface area contributed by atoms with Gasteiger partial charge in [0.1, 0.15) is 5.75 Å². The molecule has 0 spiro atoms.